The molecule has 0 aliphatic carbocycles. The Morgan fingerprint density at radius 3 is 2.44 bits per heavy atom. The molecule has 1 unspecified atom stereocenters. The van der Waals surface area contributed by atoms with Crippen LogP contribution in [0.5, 0.6) is 0 Å². The first-order valence-electron chi connectivity index (χ1n) is 6.24. The normalized spacial score (nSPS) is 12.6. The minimum Gasteiger partial charge on any atom is -0.396 e. The summed E-state index contributed by atoms with van der Waals surface area (Å²) in [6.07, 6.45) is 4.47. The van der Waals surface area contributed by atoms with Crippen LogP contribution in [0.3, 0.4) is 0 Å². The van der Waals surface area contributed by atoms with Crippen molar-refractivity contribution in [3.05, 3.63) is 35.9 Å². The van der Waals surface area contributed by atoms with E-state index in [2.05, 4.69) is 36.5 Å². The maximum Gasteiger partial charge on any atom is 0.0431 e. The predicted molar refractivity (Wildman–Crippen MR) is 68.4 cm³/mol. The smallest absolute Gasteiger partial charge is 0.0431 e. The van der Waals surface area contributed by atoms with Gasteiger partial charge in [0.25, 0.3) is 0 Å². The summed E-state index contributed by atoms with van der Waals surface area (Å²) in [6.45, 7) is 3.58. The summed E-state index contributed by atoms with van der Waals surface area (Å²) in [7, 11) is 0. The lowest BCUT2D eigenvalue weighted by Crippen LogP contribution is -2.19. The van der Waals surface area contributed by atoms with Crippen LogP contribution in [0.25, 0.3) is 0 Å². The largest absolute Gasteiger partial charge is 0.396 e. The molecule has 0 amide bonds. The molecular weight excluding hydrogens is 198 g/mol. The van der Waals surface area contributed by atoms with E-state index in [4.69, 9.17) is 5.11 Å². The third kappa shape index (κ3) is 5.29. The fourth-order valence-electron chi connectivity index (χ4n) is 1.77. The molecule has 1 rings (SSSR count). The van der Waals surface area contributed by atoms with Gasteiger partial charge in [0.2, 0.25) is 0 Å². The summed E-state index contributed by atoms with van der Waals surface area (Å²) in [5, 5.41) is 12.2. The lowest BCUT2D eigenvalue weighted by molar-refractivity contribution is 0.282. The number of aliphatic hydroxyl groups is 1. The highest BCUT2D eigenvalue weighted by Gasteiger charge is 2.02. The Morgan fingerprint density at radius 2 is 1.75 bits per heavy atom. The van der Waals surface area contributed by atoms with E-state index < -0.39 is 0 Å². The molecule has 0 aliphatic heterocycles. The highest BCUT2D eigenvalue weighted by molar-refractivity contribution is 5.17. The summed E-state index contributed by atoms with van der Waals surface area (Å²) >= 11 is 0. The van der Waals surface area contributed by atoms with Gasteiger partial charge in [-0.2, -0.15) is 0 Å². The molecule has 0 spiro atoms. The third-order valence-electron chi connectivity index (χ3n) is 2.83. The number of benzene rings is 1. The van der Waals surface area contributed by atoms with Gasteiger partial charge < -0.3 is 10.4 Å². The van der Waals surface area contributed by atoms with Crippen LogP contribution in [0.1, 0.15) is 44.2 Å². The molecule has 0 fully saturated rings. The Bertz CT molecular complexity index is 261. The maximum atomic E-state index is 8.64. The zero-order chi connectivity index (χ0) is 11.6. The average molecular weight is 221 g/mol. The van der Waals surface area contributed by atoms with Gasteiger partial charge in [-0.3, -0.25) is 0 Å². The van der Waals surface area contributed by atoms with E-state index in [9.17, 15) is 0 Å². The minimum absolute atomic E-state index is 0.327. The van der Waals surface area contributed by atoms with Crippen LogP contribution in [-0.4, -0.2) is 18.3 Å². The Hall–Kier alpha value is -0.860. The van der Waals surface area contributed by atoms with Gasteiger partial charge in [0, 0.05) is 12.6 Å². The quantitative estimate of drug-likeness (QED) is 0.662. The number of rotatable bonds is 8. The lowest BCUT2D eigenvalue weighted by atomic mass is 10.1. The van der Waals surface area contributed by atoms with E-state index in [0.717, 1.165) is 19.4 Å². The van der Waals surface area contributed by atoms with Crippen LogP contribution in [-0.2, 0) is 0 Å². The lowest BCUT2D eigenvalue weighted by Gasteiger charge is -2.13. The zero-order valence-corrected chi connectivity index (χ0v) is 10.2. The number of nitrogens with one attached hydrogen (secondary N) is 1. The number of aliphatic hydroxyl groups excluding tert-OH is 1. The SMILES string of the molecule is CC(NCCCCCCO)c1ccccc1. The van der Waals surface area contributed by atoms with Gasteiger partial charge in [-0.1, -0.05) is 43.2 Å². The topological polar surface area (TPSA) is 32.3 Å². The Labute approximate surface area is 98.7 Å². The van der Waals surface area contributed by atoms with E-state index in [1.165, 1.54) is 18.4 Å². The van der Waals surface area contributed by atoms with Crippen molar-refractivity contribution in [1.82, 2.24) is 5.32 Å². The molecule has 16 heavy (non-hydrogen) atoms. The van der Waals surface area contributed by atoms with Crippen LogP contribution in [0.4, 0.5) is 0 Å². The zero-order valence-electron chi connectivity index (χ0n) is 10.2. The second kappa shape index (κ2) is 8.31. The van der Waals surface area contributed by atoms with E-state index >= 15 is 0 Å². The molecule has 2 N–H and O–H groups in total. The molecule has 0 aliphatic rings. The minimum atomic E-state index is 0.327. The second-order valence-corrected chi connectivity index (χ2v) is 4.22. The monoisotopic (exact) mass is 221 g/mol. The van der Waals surface area contributed by atoms with Gasteiger partial charge in [0.05, 0.1) is 0 Å². The summed E-state index contributed by atoms with van der Waals surface area (Å²) < 4.78 is 0. The highest BCUT2D eigenvalue weighted by atomic mass is 16.2. The molecule has 0 saturated carbocycles. The highest BCUT2D eigenvalue weighted by Crippen LogP contribution is 2.11. The summed E-state index contributed by atoms with van der Waals surface area (Å²) in [5.74, 6) is 0. The van der Waals surface area contributed by atoms with Crippen molar-refractivity contribution in [2.45, 2.75) is 38.6 Å². The van der Waals surface area contributed by atoms with E-state index in [0.29, 0.717) is 12.6 Å². The van der Waals surface area contributed by atoms with E-state index in [1.807, 2.05) is 6.07 Å². The van der Waals surface area contributed by atoms with Gasteiger partial charge in [0.1, 0.15) is 0 Å². The first-order valence-corrected chi connectivity index (χ1v) is 6.24. The van der Waals surface area contributed by atoms with Crippen molar-refractivity contribution in [3.8, 4) is 0 Å². The van der Waals surface area contributed by atoms with E-state index in [-0.39, 0.29) is 0 Å². The molecule has 0 heterocycles. The van der Waals surface area contributed by atoms with Crippen molar-refractivity contribution in [3.63, 3.8) is 0 Å². The fraction of sp³-hybridized carbons (Fsp3) is 0.571. The van der Waals surface area contributed by atoms with Gasteiger partial charge in [-0.05, 0) is 31.9 Å². The molecule has 1 atom stereocenters. The molecule has 0 bridgehead atoms. The first kappa shape index (κ1) is 13.2. The molecule has 1 aromatic carbocycles. The molecule has 0 aromatic heterocycles. The number of hydrogen-bond acceptors (Lipinski definition) is 2. The van der Waals surface area contributed by atoms with Crippen molar-refractivity contribution in [2.75, 3.05) is 13.2 Å². The number of unbranched alkanes of at least 4 members (excludes halogenated alkanes) is 3. The summed E-state index contributed by atoms with van der Waals surface area (Å²) in [5.41, 5.74) is 1.35. The average Bonchev–Trinajstić information content (AvgIpc) is 2.34. The molecule has 0 radical (unpaired) electrons. The standard InChI is InChI=1S/C14H23NO/c1-13(14-9-5-4-6-10-14)15-11-7-2-3-8-12-16/h4-6,9-10,13,15-16H,2-3,7-8,11-12H2,1H3. The van der Waals surface area contributed by atoms with Crippen molar-refractivity contribution >= 4 is 0 Å². The van der Waals surface area contributed by atoms with E-state index in [1.54, 1.807) is 0 Å². The molecular formula is C14H23NO. The maximum absolute atomic E-state index is 8.64. The first-order chi connectivity index (χ1) is 7.84. The van der Waals surface area contributed by atoms with Crippen LogP contribution in [0.2, 0.25) is 0 Å². The molecule has 2 heteroatoms. The second-order valence-electron chi connectivity index (χ2n) is 4.22. The van der Waals surface area contributed by atoms with Crippen LogP contribution in [0.15, 0.2) is 30.3 Å². The van der Waals surface area contributed by atoms with Gasteiger partial charge >= 0.3 is 0 Å². The molecule has 90 valence electrons. The number of hydrogen-bond donors (Lipinski definition) is 2. The molecule has 0 saturated heterocycles. The van der Waals surface area contributed by atoms with Crippen molar-refractivity contribution in [1.29, 1.82) is 0 Å². The summed E-state index contributed by atoms with van der Waals surface area (Å²) in [4.78, 5) is 0. The van der Waals surface area contributed by atoms with Gasteiger partial charge in [0.15, 0.2) is 0 Å². The Kier molecular flexibility index (Phi) is 6.86. The van der Waals surface area contributed by atoms with Crippen LogP contribution < -0.4 is 5.32 Å². The molecule has 1 aromatic rings. The predicted octanol–water partition coefficient (Wildman–Crippen LogP) is 2.89. The van der Waals surface area contributed by atoms with Gasteiger partial charge in [-0.25, -0.2) is 0 Å². The van der Waals surface area contributed by atoms with Crippen molar-refractivity contribution < 1.29 is 5.11 Å². The van der Waals surface area contributed by atoms with Crippen LogP contribution >= 0.6 is 0 Å². The third-order valence-corrected chi connectivity index (χ3v) is 2.83. The summed E-state index contributed by atoms with van der Waals surface area (Å²) in [6, 6.07) is 10.9. The van der Waals surface area contributed by atoms with Crippen molar-refractivity contribution in [2.24, 2.45) is 0 Å². The van der Waals surface area contributed by atoms with Crippen LogP contribution in [0, 0.1) is 0 Å². The fourth-order valence-corrected chi connectivity index (χ4v) is 1.77. The Morgan fingerprint density at radius 1 is 1.06 bits per heavy atom. The molecule has 2 nitrogen and oxygen atoms in total. The Balaban J connectivity index is 2.09. The van der Waals surface area contributed by atoms with Gasteiger partial charge in [-0.15, -0.1) is 0 Å².